The number of carbonyl (C=O) groups excluding carboxylic acids is 3. The van der Waals surface area contributed by atoms with E-state index in [0.717, 1.165) is 10.8 Å². The van der Waals surface area contributed by atoms with E-state index >= 15 is 0 Å². The lowest BCUT2D eigenvalue weighted by Gasteiger charge is -2.37. The van der Waals surface area contributed by atoms with Crippen molar-refractivity contribution in [1.29, 1.82) is 0 Å². The first-order valence-corrected chi connectivity index (χ1v) is 14.5. The Morgan fingerprint density at radius 1 is 0.818 bits per heavy atom. The van der Waals surface area contributed by atoms with Crippen LogP contribution in [0.5, 0.6) is 11.5 Å². The van der Waals surface area contributed by atoms with Crippen LogP contribution in [0.2, 0.25) is 0 Å². The van der Waals surface area contributed by atoms with Gasteiger partial charge in [-0.15, -0.1) is 0 Å². The van der Waals surface area contributed by atoms with E-state index in [4.69, 9.17) is 4.74 Å². The number of nitrogens with zero attached hydrogens (tertiary/aromatic N) is 1. The normalized spacial score (nSPS) is 12.8. The molecule has 0 heterocycles. The van der Waals surface area contributed by atoms with Gasteiger partial charge >= 0.3 is 6.09 Å². The third-order valence-electron chi connectivity index (χ3n) is 6.91. The lowest BCUT2D eigenvalue weighted by molar-refractivity contribution is -0.142. The number of fused-ring (bicyclic) bond motifs is 1. The molecule has 0 bridgehead atoms. The van der Waals surface area contributed by atoms with Crippen molar-refractivity contribution in [3.05, 3.63) is 102 Å². The molecule has 0 radical (unpaired) electrons. The topological polar surface area (TPSA) is 128 Å². The molecule has 0 saturated heterocycles. The van der Waals surface area contributed by atoms with Crippen molar-refractivity contribution in [1.82, 2.24) is 10.2 Å². The number of alkyl carbamates (subject to hydrolysis) is 1. The van der Waals surface area contributed by atoms with Crippen molar-refractivity contribution < 1.29 is 29.3 Å². The summed E-state index contributed by atoms with van der Waals surface area (Å²) in [5, 5.41) is 27.7. The highest BCUT2D eigenvalue weighted by atomic mass is 16.6. The number of phenolic OH excluding ortho intramolecular Hbond substituents is 2. The Kier molecular flexibility index (Phi) is 9.78. The Morgan fingerprint density at radius 2 is 1.50 bits per heavy atom. The van der Waals surface area contributed by atoms with Crippen molar-refractivity contribution in [3.63, 3.8) is 0 Å². The molecule has 0 aliphatic carbocycles. The molecule has 0 aliphatic rings. The number of rotatable bonds is 9. The van der Waals surface area contributed by atoms with Gasteiger partial charge in [0, 0.05) is 18.2 Å². The van der Waals surface area contributed by atoms with Crippen LogP contribution in [0.1, 0.15) is 51.8 Å². The van der Waals surface area contributed by atoms with Crippen LogP contribution in [-0.4, -0.2) is 50.7 Å². The molecule has 0 aromatic heterocycles. The molecule has 2 unspecified atom stereocenters. The number of benzene rings is 4. The van der Waals surface area contributed by atoms with E-state index in [1.165, 1.54) is 29.2 Å². The summed E-state index contributed by atoms with van der Waals surface area (Å²) in [5.41, 5.74) is 0.807. The van der Waals surface area contributed by atoms with Crippen molar-refractivity contribution in [2.75, 3.05) is 5.32 Å². The number of ether oxygens (including phenoxy) is 1. The maximum atomic E-state index is 14.5. The molecule has 44 heavy (non-hydrogen) atoms. The standard InChI is InChI=1S/C35H39N3O6/c1-22(2)38(33(42)30(37-34(43)44-35(3,4)5)19-23-13-17-28(39)18-14-23)31(26-11-8-12-29(40)21-26)32(41)36-27-16-15-24-9-6-7-10-25(24)20-27/h6-18,20-22,30-31,39-40H,19H2,1-5H3,(H,36,41)(H,37,43). The van der Waals surface area contributed by atoms with Crippen molar-refractivity contribution in [3.8, 4) is 11.5 Å². The van der Waals surface area contributed by atoms with E-state index in [1.54, 1.807) is 65.0 Å². The summed E-state index contributed by atoms with van der Waals surface area (Å²) in [6.45, 7) is 8.72. The minimum absolute atomic E-state index is 0.0605. The van der Waals surface area contributed by atoms with Crippen LogP contribution in [-0.2, 0) is 20.7 Å². The molecule has 230 valence electrons. The summed E-state index contributed by atoms with van der Waals surface area (Å²) in [7, 11) is 0. The smallest absolute Gasteiger partial charge is 0.408 e. The highest BCUT2D eigenvalue weighted by Gasteiger charge is 2.38. The molecule has 3 amide bonds. The Morgan fingerprint density at radius 3 is 2.14 bits per heavy atom. The molecule has 9 heteroatoms. The molecule has 4 aromatic carbocycles. The van der Waals surface area contributed by atoms with E-state index < -0.39 is 41.6 Å². The van der Waals surface area contributed by atoms with Gasteiger partial charge in [0.1, 0.15) is 29.2 Å². The maximum Gasteiger partial charge on any atom is 0.408 e. The Labute approximate surface area is 257 Å². The number of aromatic hydroxyl groups is 2. The van der Waals surface area contributed by atoms with Crippen LogP contribution in [0, 0.1) is 0 Å². The summed E-state index contributed by atoms with van der Waals surface area (Å²) in [5.74, 6) is -1.01. The van der Waals surface area contributed by atoms with Gasteiger partial charge in [0.25, 0.3) is 5.91 Å². The summed E-state index contributed by atoms with van der Waals surface area (Å²) in [6, 6.07) is 23.0. The molecule has 9 nitrogen and oxygen atoms in total. The van der Waals surface area contributed by atoms with Gasteiger partial charge in [0.05, 0.1) is 0 Å². The van der Waals surface area contributed by atoms with Crippen LogP contribution < -0.4 is 10.6 Å². The Bertz CT molecular complexity index is 1630. The second kappa shape index (κ2) is 13.5. The van der Waals surface area contributed by atoms with E-state index in [2.05, 4.69) is 10.6 Å². The second-order valence-corrected chi connectivity index (χ2v) is 12.0. The first kappa shape index (κ1) is 31.9. The fraction of sp³-hybridized carbons (Fsp3) is 0.286. The van der Waals surface area contributed by atoms with Crippen LogP contribution >= 0.6 is 0 Å². The van der Waals surface area contributed by atoms with Gasteiger partial charge in [0.2, 0.25) is 5.91 Å². The monoisotopic (exact) mass is 597 g/mol. The highest BCUT2D eigenvalue weighted by molar-refractivity contribution is 6.00. The molecular weight excluding hydrogens is 558 g/mol. The molecule has 0 spiro atoms. The summed E-state index contributed by atoms with van der Waals surface area (Å²) < 4.78 is 5.46. The first-order chi connectivity index (χ1) is 20.8. The number of anilines is 1. The van der Waals surface area contributed by atoms with Gasteiger partial charge < -0.3 is 30.5 Å². The van der Waals surface area contributed by atoms with E-state index in [9.17, 15) is 24.6 Å². The number of phenols is 2. The number of hydrogen-bond acceptors (Lipinski definition) is 6. The number of hydrogen-bond donors (Lipinski definition) is 4. The number of nitrogens with one attached hydrogen (secondary N) is 2. The SMILES string of the molecule is CC(C)N(C(=O)C(Cc1ccc(O)cc1)NC(=O)OC(C)(C)C)C(C(=O)Nc1ccc2ccccc2c1)c1cccc(O)c1. The van der Waals surface area contributed by atoms with Crippen molar-refractivity contribution in [2.24, 2.45) is 0 Å². The van der Waals surface area contributed by atoms with Crippen LogP contribution in [0.4, 0.5) is 10.5 Å². The van der Waals surface area contributed by atoms with Crippen LogP contribution in [0.15, 0.2) is 91.0 Å². The molecule has 2 atom stereocenters. The fourth-order valence-electron chi connectivity index (χ4n) is 4.99. The van der Waals surface area contributed by atoms with Gasteiger partial charge in [-0.3, -0.25) is 9.59 Å². The molecule has 4 aromatic rings. The molecule has 4 rings (SSSR count). The summed E-state index contributed by atoms with van der Waals surface area (Å²) in [6.07, 6.45) is -0.714. The second-order valence-electron chi connectivity index (χ2n) is 12.0. The van der Waals surface area contributed by atoms with E-state index in [1.807, 2.05) is 36.4 Å². The molecular formula is C35H39N3O6. The average molecular weight is 598 g/mol. The van der Waals surface area contributed by atoms with Crippen molar-refractivity contribution >= 4 is 34.4 Å². The van der Waals surface area contributed by atoms with Gasteiger partial charge in [-0.05, 0) is 92.9 Å². The van der Waals surface area contributed by atoms with E-state index in [0.29, 0.717) is 16.8 Å². The maximum absolute atomic E-state index is 14.5. The largest absolute Gasteiger partial charge is 0.508 e. The molecule has 0 saturated carbocycles. The predicted octanol–water partition coefficient (Wildman–Crippen LogP) is 6.30. The zero-order chi connectivity index (χ0) is 32.0. The number of amides is 3. The van der Waals surface area contributed by atoms with Crippen molar-refractivity contribution in [2.45, 2.75) is 64.8 Å². The number of carbonyl (C=O) groups is 3. The lowest BCUT2D eigenvalue weighted by atomic mass is 9.98. The Balaban J connectivity index is 1.73. The minimum Gasteiger partial charge on any atom is -0.508 e. The zero-order valence-electron chi connectivity index (χ0n) is 25.6. The van der Waals surface area contributed by atoms with E-state index in [-0.39, 0.29) is 17.9 Å². The minimum atomic E-state index is -1.16. The molecule has 0 aliphatic heterocycles. The van der Waals surface area contributed by atoms with Crippen LogP contribution in [0.3, 0.4) is 0 Å². The van der Waals surface area contributed by atoms with Gasteiger partial charge in [-0.25, -0.2) is 4.79 Å². The quantitative estimate of drug-likeness (QED) is 0.179. The van der Waals surface area contributed by atoms with Crippen LogP contribution in [0.25, 0.3) is 10.8 Å². The van der Waals surface area contributed by atoms with Gasteiger partial charge in [0.15, 0.2) is 0 Å². The molecule has 4 N–H and O–H groups in total. The first-order valence-electron chi connectivity index (χ1n) is 14.5. The fourth-order valence-corrected chi connectivity index (χ4v) is 4.99. The lowest BCUT2D eigenvalue weighted by Crippen LogP contribution is -2.55. The summed E-state index contributed by atoms with van der Waals surface area (Å²) >= 11 is 0. The third-order valence-corrected chi connectivity index (χ3v) is 6.91. The van der Waals surface area contributed by atoms with Gasteiger partial charge in [-0.2, -0.15) is 0 Å². The summed E-state index contributed by atoms with van der Waals surface area (Å²) in [4.78, 5) is 42.9. The molecule has 0 fully saturated rings. The van der Waals surface area contributed by atoms with Gasteiger partial charge in [-0.1, -0.05) is 54.6 Å². The third kappa shape index (κ3) is 8.28. The Hall–Kier alpha value is -5.05. The predicted molar refractivity (Wildman–Crippen MR) is 170 cm³/mol. The zero-order valence-corrected chi connectivity index (χ0v) is 25.6. The highest BCUT2D eigenvalue weighted by Crippen LogP contribution is 2.30. The average Bonchev–Trinajstić information content (AvgIpc) is 2.95.